The Kier molecular flexibility index (Phi) is 5.21. The summed E-state index contributed by atoms with van der Waals surface area (Å²) in [5.74, 6) is 0.282. The van der Waals surface area contributed by atoms with E-state index < -0.39 is 5.91 Å². The number of aromatic nitrogens is 1. The van der Waals surface area contributed by atoms with Gasteiger partial charge in [-0.25, -0.2) is 0 Å². The molecule has 0 radical (unpaired) electrons. The molecule has 0 aliphatic carbocycles. The van der Waals surface area contributed by atoms with Crippen LogP contribution in [0.25, 0.3) is 10.9 Å². The molecule has 160 valence electrons. The third-order valence-electron chi connectivity index (χ3n) is 5.32. The third kappa shape index (κ3) is 3.88. The Bertz CT molecular complexity index is 1300. The average Bonchev–Trinajstić information content (AvgIpc) is 3.21. The minimum atomic E-state index is -0.441. The van der Waals surface area contributed by atoms with Crippen LogP contribution in [0.1, 0.15) is 26.3 Å². The highest BCUT2D eigenvalue weighted by Crippen LogP contribution is 2.30. The molecule has 3 aromatic carbocycles. The lowest BCUT2D eigenvalue weighted by Crippen LogP contribution is -2.41. The van der Waals surface area contributed by atoms with Gasteiger partial charge in [-0.05, 0) is 29.8 Å². The number of rotatable bonds is 4. The van der Waals surface area contributed by atoms with Crippen molar-refractivity contribution >= 4 is 22.7 Å². The lowest BCUT2D eigenvalue weighted by molar-refractivity contribution is 0.0847. The van der Waals surface area contributed by atoms with E-state index in [4.69, 9.17) is 9.47 Å². The molecular weight excluding hydrogens is 406 g/mol. The molecular formula is C25H21N3O4. The molecule has 4 aromatic rings. The van der Waals surface area contributed by atoms with Crippen LogP contribution < -0.4 is 20.3 Å². The van der Waals surface area contributed by atoms with E-state index in [9.17, 15) is 9.59 Å². The van der Waals surface area contributed by atoms with Crippen molar-refractivity contribution in [2.45, 2.75) is 6.54 Å². The fraction of sp³-hybridized carbons (Fsp3) is 0.120. The normalized spacial score (nSPS) is 12.4. The topological polar surface area (TPSA) is 81.6 Å². The van der Waals surface area contributed by atoms with Crippen LogP contribution in [0.4, 0.5) is 0 Å². The Morgan fingerprint density at radius 3 is 2.38 bits per heavy atom. The SMILES string of the molecule is O=C(NNC(=O)c1cn(Cc2ccccc2)c2ccccc12)c1ccc2c(c1)OCCO2. The van der Waals surface area contributed by atoms with Crippen LogP contribution in [-0.4, -0.2) is 29.6 Å². The third-order valence-corrected chi connectivity index (χ3v) is 5.32. The van der Waals surface area contributed by atoms with E-state index in [1.807, 2.05) is 65.4 Å². The fourth-order valence-corrected chi connectivity index (χ4v) is 3.78. The average molecular weight is 427 g/mol. The number of para-hydroxylation sites is 1. The van der Waals surface area contributed by atoms with Gasteiger partial charge in [-0.15, -0.1) is 0 Å². The van der Waals surface area contributed by atoms with E-state index >= 15 is 0 Å². The molecule has 1 aliphatic heterocycles. The van der Waals surface area contributed by atoms with Gasteiger partial charge >= 0.3 is 0 Å². The smallest absolute Gasteiger partial charge is 0.271 e. The van der Waals surface area contributed by atoms with Crippen molar-refractivity contribution in [1.82, 2.24) is 15.4 Å². The van der Waals surface area contributed by atoms with Gasteiger partial charge in [-0.3, -0.25) is 20.4 Å². The predicted octanol–water partition coefficient (Wildman–Crippen LogP) is 3.54. The standard InChI is InChI=1S/C25H21N3O4/c29-24(18-10-11-22-23(14-18)32-13-12-31-22)26-27-25(30)20-16-28(15-17-6-2-1-3-7-17)21-9-5-4-8-19(20)21/h1-11,14,16H,12-13,15H2,(H,26,29)(H,27,30). The van der Waals surface area contributed by atoms with E-state index in [2.05, 4.69) is 10.9 Å². The summed E-state index contributed by atoms with van der Waals surface area (Å²) in [7, 11) is 0. The number of carbonyl (C=O) groups excluding carboxylic acids is 2. The second-order valence-electron chi connectivity index (χ2n) is 7.44. The Morgan fingerprint density at radius 2 is 1.53 bits per heavy atom. The van der Waals surface area contributed by atoms with Gasteiger partial charge in [0.1, 0.15) is 13.2 Å². The van der Waals surface area contributed by atoms with Crippen LogP contribution in [0.15, 0.2) is 79.0 Å². The van der Waals surface area contributed by atoms with Gasteiger partial charge in [0.2, 0.25) is 0 Å². The molecule has 2 N–H and O–H groups in total. The van der Waals surface area contributed by atoms with Crippen molar-refractivity contribution in [3.8, 4) is 11.5 Å². The van der Waals surface area contributed by atoms with E-state index in [0.717, 1.165) is 16.5 Å². The first-order chi connectivity index (χ1) is 15.7. The molecule has 0 unspecified atom stereocenters. The Labute approximate surface area is 184 Å². The van der Waals surface area contributed by atoms with Gasteiger partial charge in [0.15, 0.2) is 11.5 Å². The van der Waals surface area contributed by atoms with Crippen molar-refractivity contribution in [2.24, 2.45) is 0 Å². The molecule has 0 bridgehead atoms. The minimum Gasteiger partial charge on any atom is -0.486 e. The lowest BCUT2D eigenvalue weighted by Gasteiger charge is -2.18. The summed E-state index contributed by atoms with van der Waals surface area (Å²) in [6.07, 6.45) is 1.81. The number of ether oxygens (including phenoxy) is 2. The van der Waals surface area contributed by atoms with Crippen molar-refractivity contribution in [2.75, 3.05) is 13.2 Å². The van der Waals surface area contributed by atoms with Crippen molar-refractivity contribution in [3.05, 3.63) is 95.7 Å². The maximum Gasteiger partial charge on any atom is 0.271 e. The molecule has 0 saturated carbocycles. The number of fused-ring (bicyclic) bond motifs is 2. The number of nitrogens with one attached hydrogen (secondary N) is 2. The number of nitrogens with zero attached hydrogens (tertiary/aromatic N) is 1. The quantitative estimate of drug-likeness (QED) is 0.488. The van der Waals surface area contributed by atoms with Gasteiger partial charge in [0.05, 0.1) is 5.56 Å². The first kappa shape index (κ1) is 19.7. The fourth-order valence-electron chi connectivity index (χ4n) is 3.78. The zero-order valence-corrected chi connectivity index (χ0v) is 17.2. The molecule has 5 rings (SSSR count). The molecule has 0 fully saturated rings. The van der Waals surface area contributed by atoms with Gasteiger partial charge in [-0.1, -0.05) is 48.5 Å². The lowest BCUT2D eigenvalue weighted by atomic mass is 10.1. The molecule has 2 heterocycles. The molecule has 0 saturated heterocycles. The second kappa shape index (κ2) is 8.47. The minimum absolute atomic E-state index is 0.362. The molecule has 0 spiro atoms. The zero-order chi connectivity index (χ0) is 21.9. The number of carbonyl (C=O) groups is 2. The number of hydrogen-bond donors (Lipinski definition) is 2. The Hall–Kier alpha value is -4.26. The summed E-state index contributed by atoms with van der Waals surface area (Å²) < 4.78 is 13.0. The number of benzene rings is 3. The predicted molar refractivity (Wildman–Crippen MR) is 120 cm³/mol. The summed E-state index contributed by atoms with van der Waals surface area (Å²) in [6, 6.07) is 22.6. The van der Waals surface area contributed by atoms with Gasteiger partial charge in [0, 0.05) is 29.2 Å². The van der Waals surface area contributed by atoms with Crippen LogP contribution in [0.2, 0.25) is 0 Å². The number of amides is 2. The zero-order valence-electron chi connectivity index (χ0n) is 17.2. The molecule has 2 amide bonds. The van der Waals surface area contributed by atoms with E-state index in [-0.39, 0.29) is 5.91 Å². The van der Waals surface area contributed by atoms with Gasteiger partial charge in [-0.2, -0.15) is 0 Å². The molecule has 0 atom stereocenters. The van der Waals surface area contributed by atoms with Crippen LogP contribution >= 0.6 is 0 Å². The molecule has 32 heavy (non-hydrogen) atoms. The highest BCUT2D eigenvalue weighted by molar-refractivity contribution is 6.08. The first-order valence-electron chi connectivity index (χ1n) is 10.3. The summed E-state index contributed by atoms with van der Waals surface area (Å²) in [4.78, 5) is 25.5. The van der Waals surface area contributed by atoms with E-state index in [0.29, 0.717) is 42.4 Å². The van der Waals surface area contributed by atoms with Crippen molar-refractivity contribution in [3.63, 3.8) is 0 Å². The highest BCUT2D eigenvalue weighted by atomic mass is 16.6. The summed E-state index contributed by atoms with van der Waals surface area (Å²) >= 11 is 0. The number of hydrogen-bond acceptors (Lipinski definition) is 4. The van der Waals surface area contributed by atoms with Crippen LogP contribution in [0, 0.1) is 0 Å². The van der Waals surface area contributed by atoms with Crippen LogP contribution in [0.3, 0.4) is 0 Å². The highest BCUT2D eigenvalue weighted by Gasteiger charge is 2.18. The van der Waals surface area contributed by atoms with Crippen LogP contribution in [-0.2, 0) is 6.54 Å². The maximum atomic E-state index is 12.9. The molecule has 1 aliphatic rings. The summed E-state index contributed by atoms with van der Waals surface area (Å²) in [5, 5.41) is 0.814. The van der Waals surface area contributed by atoms with Crippen molar-refractivity contribution in [1.29, 1.82) is 0 Å². The van der Waals surface area contributed by atoms with E-state index in [1.165, 1.54) is 0 Å². The largest absolute Gasteiger partial charge is 0.486 e. The maximum absolute atomic E-state index is 12.9. The Morgan fingerprint density at radius 1 is 0.812 bits per heavy atom. The van der Waals surface area contributed by atoms with Gasteiger partial charge < -0.3 is 14.0 Å². The molecule has 1 aromatic heterocycles. The van der Waals surface area contributed by atoms with Crippen molar-refractivity contribution < 1.29 is 19.1 Å². The van der Waals surface area contributed by atoms with Gasteiger partial charge in [0.25, 0.3) is 11.8 Å². The summed E-state index contributed by atoms with van der Waals surface area (Å²) in [5.41, 5.74) is 7.93. The Balaban J connectivity index is 1.33. The molecule has 7 heteroatoms. The number of hydrazine groups is 1. The van der Waals surface area contributed by atoms with E-state index in [1.54, 1.807) is 18.2 Å². The van der Waals surface area contributed by atoms with Crippen LogP contribution in [0.5, 0.6) is 11.5 Å². The molecule has 7 nitrogen and oxygen atoms in total. The second-order valence-corrected chi connectivity index (χ2v) is 7.44. The monoisotopic (exact) mass is 427 g/mol. The summed E-state index contributed by atoms with van der Waals surface area (Å²) in [6.45, 7) is 1.55. The first-order valence-corrected chi connectivity index (χ1v) is 10.3.